The average Bonchev–Trinajstić information content (AvgIpc) is 3.08. The van der Waals surface area contributed by atoms with Gasteiger partial charge < -0.3 is 25.5 Å². The van der Waals surface area contributed by atoms with E-state index in [0.717, 1.165) is 0 Å². The third-order valence-corrected chi connectivity index (χ3v) is 2.91. The van der Waals surface area contributed by atoms with Crippen molar-refractivity contribution in [2.75, 3.05) is 25.0 Å². The normalized spacial score (nSPS) is 10.1. The minimum Gasteiger partial charge on any atom is -0.492 e. The van der Waals surface area contributed by atoms with E-state index in [1.807, 2.05) is 0 Å². The van der Waals surface area contributed by atoms with Crippen LogP contribution < -0.4 is 21.1 Å². The number of hydrogen-bond acceptors (Lipinski definition) is 5. The molecule has 2 amide bonds. The van der Waals surface area contributed by atoms with E-state index < -0.39 is 0 Å². The van der Waals surface area contributed by atoms with Crippen LogP contribution in [-0.4, -0.2) is 31.5 Å². The molecule has 122 valence electrons. The summed E-state index contributed by atoms with van der Waals surface area (Å²) in [6.07, 6.45) is 1.58. The highest BCUT2D eigenvalue weighted by Gasteiger charge is 2.09. The van der Waals surface area contributed by atoms with Gasteiger partial charge >= 0.3 is 0 Å². The molecule has 1 aromatic heterocycles. The molecule has 0 bridgehead atoms. The van der Waals surface area contributed by atoms with E-state index in [-0.39, 0.29) is 30.5 Å². The molecule has 0 radical (unpaired) electrons. The Balaban J connectivity index is 1.71. The molecule has 0 saturated carbocycles. The third-order valence-electron chi connectivity index (χ3n) is 2.91. The van der Waals surface area contributed by atoms with Crippen LogP contribution in [0.3, 0.4) is 0 Å². The molecule has 0 spiro atoms. The summed E-state index contributed by atoms with van der Waals surface area (Å²) in [6, 6.07) is 10.2. The Morgan fingerprint density at radius 1 is 1.17 bits per heavy atom. The van der Waals surface area contributed by atoms with Gasteiger partial charge in [-0.1, -0.05) is 0 Å². The second-order valence-electron chi connectivity index (χ2n) is 4.69. The molecule has 1 heterocycles. The number of nitrogens with one attached hydrogen (secondary N) is 2. The van der Waals surface area contributed by atoms with Crippen LogP contribution in [-0.2, 0) is 4.79 Å². The summed E-state index contributed by atoms with van der Waals surface area (Å²) in [7, 11) is 0. The van der Waals surface area contributed by atoms with Crippen molar-refractivity contribution in [1.82, 2.24) is 5.32 Å². The summed E-state index contributed by atoms with van der Waals surface area (Å²) in [5.74, 6) is 0.377. The molecular weight excluding hydrogens is 298 g/mol. The lowest BCUT2D eigenvalue weighted by molar-refractivity contribution is -0.116. The van der Waals surface area contributed by atoms with Gasteiger partial charge in [0.1, 0.15) is 12.4 Å². The zero-order valence-electron chi connectivity index (χ0n) is 12.6. The third kappa shape index (κ3) is 5.48. The number of carbonyl (C=O) groups excluding carboxylic acids is 2. The summed E-state index contributed by atoms with van der Waals surface area (Å²) >= 11 is 0. The monoisotopic (exact) mass is 317 g/mol. The highest BCUT2D eigenvalue weighted by molar-refractivity contribution is 5.93. The average molecular weight is 317 g/mol. The fraction of sp³-hybridized carbons (Fsp3) is 0.250. The number of nitrogens with two attached hydrogens (primary N) is 1. The van der Waals surface area contributed by atoms with Crippen molar-refractivity contribution in [3.63, 3.8) is 0 Å². The molecule has 2 rings (SSSR count). The minimum absolute atomic E-state index is 0.165. The number of ether oxygens (including phenoxy) is 1. The number of anilines is 1. The predicted octanol–water partition coefficient (Wildman–Crippen LogP) is 1.38. The quantitative estimate of drug-likeness (QED) is 0.682. The van der Waals surface area contributed by atoms with Gasteiger partial charge in [0.15, 0.2) is 5.76 Å². The largest absolute Gasteiger partial charge is 0.492 e. The molecule has 23 heavy (non-hydrogen) atoms. The number of carbonyl (C=O) groups is 2. The van der Waals surface area contributed by atoms with E-state index >= 15 is 0 Å². The first-order valence-corrected chi connectivity index (χ1v) is 7.23. The van der Waals surface area contributed by atoms with E-state index in [1.54, 1.807) is 36.4 Å². The predicted molar refractivity (Wildman–Crippen MR) is 85.3 cm³/mol. The van der Waals surface area contributed by atoms with Gasteiger partial charge in [-0.3, -0.25) is 9.59 Å². The fourth-order valence-corrected chi connectivity index (χ4v) is 1.82. The highest BCUT2D eigenvalue weighted by atomic mass is 16.5. The zero-order valence-corrected chi connectivity index (χ0v) is 12.6. The number of amides is 2. The van der Waals surface area contributed by atoms with Crippen LogP contribution in [0.4, 0.5) is 5.69 Å². The molecule has 0 saturated heterocycles. The standard InChI is InChI=1S/C16H19N3O4/c17-8-11-22-13-5-3-12(4-6-13)19-15(20)7-9-18-16(21)14-2-1-10-23-14/h1-6,10H,7-9,11,17H2,(H,18,21)(H,19,20). The highest BCUT2D eigenvalue weighted by Crippen LogP contribution is 2.15. The molecular formula is C16H19N3O4. The van der Waals surface area contributed by atoms with E-state index in [4.69, 9.17) is 14.9 Å². The van der Waals surface area contributed by atoms with Crippen LogP contribution in [0, 0.1) is 0 Å². The number of hydrogen-bond donors (Lipinski definition) is 3. The molecule has 0 fully saturated rings. The van der Waals surface area contributed by atoms with Crippen LogP contribution >= 0.6 is 0 Å². The van der Waals surface area contributed by atoms with Crippen LogP contribution in [0.1, 0.15) is 17.0 Å². The maximum Gasteiger partial charge on any atom is 0.286 e. The molecule has 7 nitrogen and oxygen atoms in total. The lowest BCUT2D eigenvalue weighted by atomic mass is 10.3. The first kappa shape index (κ1) is 16.6. The van der Waals surface area contributed by atoms with Crippen LogP contribution in [0.15, 0.2) is 47.1 Å². The van der Waals surface area contributed by atoms with E-state index in [9.17, 15) is 9.59 Å². The molecule has 0 unspecified atom stereocenters. The van der Waals surface area contributed by atoms with Crippen molar-refractivity contribution in [3.8, 4) is 5.75 Å². The van der Waals surface area contributed by atoms with E-state index in [0.29, 0.717) is 24.6 Å². The Bertz CT molecular complexity index is 623. The molecule has 0 aliphatic carbocycles. The summed E-state index contributed by atoms with van der Waals surface area (Å²) < 4.78 is 10.3. The molecule has 2 aromatic rings. The topological polar surface area (TPSA) is 107 Å². The number of furan rings is 1. The van der Waals surface area contributed by atoms with Gasteiger partial charge in [-0.15, -0.1) is 0 Å². The lowest BCUT2D eigenvalue weighted by Gasteiger charge is -2.08. The molecule has 7 heteroatoms. The van der Waals surface area contributed by atoms with Gasteiger partial charge in [0.05, 0.1) is 6.26 Å². The van der Waals surface area contributed by atoms with E-state index in [2.05, 4.69) is 10.6 Å². The van der Waals surface area contributed by atoms with Gasteiger partial charge in [-0.05, 0) is 36.4 Å². The van der Waals surface area contributed by atoms with Gasteiger partial charge in [-0.2, -0.15) is 0 Å². The second kappa shape index (κ2) is 8.60. The minimum atomic E-state index is -0.343. The van der Waals surface area contributed by atoms with Gasteiger partial charge in [0, 0.05) is 25.2 Å². The Hall–Kier alpha value is -2.80. The SMILES string of the molecule is NCCOc1ccc(NC(=O)CCNC(=O)c2ccco2)cc1. The maximum absolute atomic E-state index is 11.8. The Labute approximate surface area is 133 Å². The van der Waals surface area contributed by atoms with Crippen molar-refractivity contribution in [1.29, 1.82) is 0 Å². The smallest absolute Gasteiger partial charge is 0.286 e. The van der Waals surface area contributed by atoms with Crippen molar-refractivity contribution in [2.45, 2.75) is 6.42 Å². The Morgan fingerprint density at radius 2 is 1.96 bits per heavy atom. The van der Waals surface area contributed by atoms with Gasteiger partial charge in [-0.25, -0.2) is 0 Å². The Morgan fingerprint density at radius 3 is 2.61 bits per heavy atom. The summed E-state index contributed by atoms with van der Waals surface area (Å²) in [5.41, 5.74) is 6.01. The lowest BCUT2D eigenvalue weighted by Crippen LogP contribution is -2.27. The van der Waals surface area contributed by atoms with Gasteiger partial charge in [0.25, 0.3) is 5.91 Å². The molecule has 0 atom stereocenters. The molecule has 1 aromatic carbocycles. The number of rotatable bonds is 8. The van der Waals surface area contributed by atoms with Crippen molar-refractivity contribution >= 4 is 17.5 Å². The summed E-state index contributed by atoms with van der Waals surface area (Å²) in [6.45, 7) is 1.12. The second-order valence-corrected chi connectivity index (χ2v) is 4.69. The maximum atomic E-state index is 11.8. The molecule has 0 aliphatic rings. The van der Waals surface area contributed by atoms with Crippen LogP contribution in [0.5, 0.6) is 5.75 Å². The van der Waals surface area contributed by atoms with Crippen molar-refractivity contribution < 1.29 is 18.7 Å². The van der Waals surface area contributed by atoms with Crippen molar-refractivity contribution in [2.24, 2.45) is 5.73 Å². The molecule has 4 N–H and O–H groups in total. The van der Waals surface area contributed by atoms with Crippen LogP contribution in [0.2, 0.25) is 0 Å². The first-order valence-electron chi connectivity index (χ1n) is 7.23. The van der Waals surface area contributed by atoms with Gasteiger partial charge in [0.2, 0.25) is 5.91 Å². The summed E-state index contributed by atoms with van der Waals surface area (Å²) in [4.78, 5) is 23.4. The fourth-order valence-electron chi connectivity index (χ4n) is 1.82. The first-order chi connectivity index (χ1) is 11.2. The molecule has 0 aliphatic heterocycles. The summed E-state index contributed by atoms with van der Waals surface area (Å²) in [5, 5.41) is 5.35. The Kier molecular flexibility index (Phi) is 6.19. The van der Waals surface area contributed by atoms with E-state index in [1.165, 1.54) is 6.26 Å². The van der Waals surface area contributed by atoms with Crippen molar-refractivity contribution in [3.05, 3.63) is 48.4 Å². The number of benzene rings is 1. The van der Waals surface area contributed by atoms with Crippen LogP contribution in [0.25, 0.3) is 0 Å². The zero-order chi connectivity index (χ0) is 16.5.